The van der Waals surface area contributed by atoms with Crippen LogP contribution in [0.3, 0.4) is 0 Å². The second kappa shape index (κ2) is 6.51. The largest absolute Gasteiger partial charge is 0.368 e. The van der Waals surface area contributed by atoms with E-state index in [0.29, 0.717) is 11.7 Å². The van der Waals surface area contributed by atoms with E-state index in [-0.39, 0.29) is 5.91 Å². The third-order valence-electron chi connectivity index (χ3n) is 4.65. The summed E-state index contributed by atoms with van der Waals surface area (Å²) in [5.41, 5.74) is 2.87. The Morgan fingerprint density at radius 3 is 2.29 bits per heavy atom. The van der Waals surface area contributed by atoms with Crippen LogP contribution >= 0.6 is 0 Å². The van der Waals surface area contributed by atoms with Gasteiger partial charge in [-0.1, -0.05) is 18.2 Å². The summed E-state index contributed by atoms with van der Waals surface area (Å²) in [4.78, 5) is 21.1. The minimum absolute atomic E-state index is 0.0535. The van der Waals surface area contributed by atoms with Crippen molar-refractivity contribution in [3.8, 4) is 0 Å². The van der Waals surface area contributed by atoms with Gasteiger partial charge in [-0.15, -0.1) is 0 Å². The zero-order valence-corrected chi connectivity index (χ0v) is 13.7. The SMILES string of the molecule is O=C(NC1CC1)c1cc(N2CCN(c3ccccc3)CC2)ccn1. The molecule has 2 aromatic rings. The standard InChI is InChI=1S/C19H22N4O/c24-19(21-15-6-7-15)18-14-17(8-9-20-18)23-12-10-22(11-13-23)16-4-2-1-3-5-16/h1-5,8-9,14-15H,6-7,10-13H2,(H,21,24). The molecule has 1 aromatic heterocycles. The van der Waals surface area contributed by atoms with Gasteiger partial charge in [-0.05, 0) is 37.1 Å². The van der Waals surface area contributed by atoms with Crippen molar-refractivity contribution in [2.75, 3.05) is 36.0 Å². The van der Waals surface area contributed by atoms with Crippen LogP contribution in [-0.2, 0) is 0 Å². The van der Waals surface area contributed by atoms with Gasteiger partial charge in [-0.2, -0.15) is 0 Å². The average molecular weight is 322 g/mol. The molecule has 0 atom stereocenters. The first-order chi connectivity index (χ1) is 11.8. The van der Waals surface area contributed by atoms with E-state index in [9.17, 15) is 4.79 Å². The van der Waals surface area contributed by atoms with E-state index in [1.807, 2.05) is 18.2 Å². The van der Waals surface area contributed by atoms with Gasteiger partial charge >= 0.3 is 0 Å². The maximum atomic E-state index is 12.2. The Hall–Kier alpha value is -2.56. The molecule has 1 aromatic carbocycles. The van der Waals surface area contributed by atoms with Crippen LogP contribution in [0.2, 0.25) is 0 Å². The zero-order valence-electron chi connectivity index (χ0n) is 13.7. The molecule has 1 amide bonds. The first-order valence-electron chi connectivity index (χ1n) is 8.61. The highest BCUT2D eigenvalue weighted by atomic mass is 16.2. The lowest BCUT2D eigenvalue weighted by molar-refractivity contribution is 0.0946. The number of piperazine rings is 1. The molecule has 5 heteroatoms. The normalized spacial score (nSPS) is 17.7. The molecular weight excluding hydrogens is 300 g/mol. The smallest absolute Gasteiger partial charge is 0.270 e. The Kier molecular flexibility index (Phi) is 4.07. The zero-order chi connectivity index (χ0) is 16.4. The highest BCUT2D eigenvalue weighted by molar-refractivity contribution is 5.93. The van der Waals surface area contributed by atoms with E-state index in [1.54, 1.807) is 6.20 Å². The Bertz CT molecular complexity index is 706. The molecule has 2 fully saturated rings. The number of amides is 1. The quantitative estimate of drug-likeness (QED) is 0.938. The Labute approximate surface area is 142 Å². The summed E-state index contributed by atoms with van der Waals surface area (Å²) in [7, 11) is 0. The summed E-state index contributed by atoms with van der Waals surface area (Å²) in [5, 5.41) is 3.00. The number of carbonyl (C=O) groups excluding carboxylic acids is 1. The monoisotopic (exact) mass is 322 g/mol. The molecule has 0 bridgehead atoms. The van der Waals surface area contributed by atoms with Crippen LogP contribution in [0.5, 0.6) is 0 Å². The molecule has 4 rings (SSSR count). The summed E-state index contributed by atoms with van der Waals surface area (Å²) >= 11 is 0. The van der Waals surface area contributed by atoms with Gasteiger partial charge in [0.15, 0.2) is 0 Å². The van der Waals surface area contributed by atoms with Crippen LogP contribution in [0.4, 0.5) is 11.4 Å². The maximum Gasteiger partial charge on any atom is 0.270 e. The van der Waals surface area contributed by atoms with E-state index < -0.39 is 0 Å². The Morgan fingerprint density at radius 1 is 0.958 bits per heavy atom. The van der Waals surface area contributed by atoms with Crippen molar-refractivity contribution >= 4 is 17.3 Å². The van der Waals surface area contributed by atoms with Crippen molar-refractivity contribution in [2.45, 2.75) is 18.9 Å². The molecule has 24 heavy (non-hydrogen) atoms. The van der Waals surface area contributed by atoms with E-state index in [2.05, 4.69) is 44.4 Å². The Balaban J connectivity index is 1.41. The van der Waals surface area contributed by atoms with Crippen molar-refractivity contribution in [2.24, 2.45) is 0 Å². The number of para-hydroxylation sites is 1. The summed E-state index contributed by atoms with van der Waals surface area (Å²) in [6, 6.07) is 14.8. The fourth-order valence-electron chi connectivity index (χ4n) is 3.09. The lowest BCUT2D eigenvalue weighted by Gasteiger charge is -2.37. The number of nitrogens with one attached hydrogen (secondary N) is 1. The van der Waals surface area contributed by atoms with Gasteiger partial charge in [0.2, 0.25) is 0 Å². The van der Waals surface area contributed by atoms with E-state index >= 15 is 0 Å². The number of hydrogen-bond donors (Lipinski definition) is 1. The van der Waals surface area contributed by atoms with Crippen LogP contribution in [0, 0.1) is 0 Å². The molecule has 0 spiro atoms. The Morgan fingerprint density at radius 2 is 1.62 bits per heavy atom. The maximum absolute atomic E-state index is 12.2. The number of anilines is 2. The van der Waals surface area contributed by atoms with Gasteiger partial charge in [0.1, 0.15) is 5.69 Å². The summed E-state index contributed by atoms with van der Waals surface area (Å²) in [6.07, 6.45) is 3.92. The van der Waals surface area contributed by atoms with Gasteiger partial charge in [-0.3, -0.25) is 9.78 Å². The summed E-state index contributed by atoms with van der Waals surface area (Å²) in [5.74, 6) is -0.0535. The van der Waals surface area contributed by atoms with Crippen molar-refractivity contribution in [1.82, 2.24) is 10.3 Å². The average Bonchev–Trinajstić information content (AvgIpc) is 3.47. The third-order valence-corrected chi connectivity index (χ3v) is 4.65. The van der Waals surface area contributed by atoms with Crippen LogP contribution in [0.15, 0.2) is 48.7 Å². The molecule has 1 saturated heterocycles. The second-order valence-electron chi connectivity index (χ2n) is 6.46. The predicted molar refractivity (Wildman–Crippen MR) is 95.6 cm³/mol. The fraction of sp³-hybridized carbons (Fsp3) is 0.368. The van der Waals surface area contributed by atoms with Gasteiger partial charge < -0.3 is 15.1 Å². The molecule has 0 unspecified atom stereocenters. The number of aromatic nitrogens is 1. The molecule has 1 aliphatic carbocycles. The minimum Gasteiger partial charge on any atom is -0.368 e. The molecule has 1 saturated carbocycles. The van der Waals surface area contributed by atoms with Crippen molar-refractivity contribution in [3.63, 3.8) is 0 Å². The lowest BCUT2D eigenvalue weighted by Crippen LogP contribution is -2.46. The molecule has 2 aliphatic rings. The minimum atomic E-state index is -0.0535. The van der Waals surface area contributed by atoms with Crippen molar-refractivity contribution in [3.05, 3.63) is 54.4 Å². The number of benzene rings is 1. The van der Waals surface area contributed by atoms with E-state index in [0.717, 1.165) is 44.7 Å². The number of carbonyl (C=O) groups is 1. The summed E-state index contributed by atoms with van der Waals surface area (Å²) < 4.78 is 0. The van der Waals surface area contributed by atoms with Crippen molar-refractivity contribution in [1.29, 1.82) is 0 Å². The highest BCUT2D eigenvalue weighted by Gasteiger charge is 2.25. The number of hydrogen-bond acceptors (Lipinski definition) is 4. The molecule has 0 radical (unpaired) electrons. The number of rotatable bonds is 4. The lowest BCUT2D eigenvalue weighted by atomic mass is 10.2. The summed E-state index contributed by atoms with van der Waals surface area (Å²) in [6.45, 7) is 3.86. The highest BCUT2D eigenvalue weighted by Crippen LogP contribution is 2.22. The molecule has 1 aliphatic heterocycles. The van der Waals surface area contributed by atoms with E-state index in [4.69, 9.17) is 0 Å². The van der Waals surface area contributed by atoms with Gasteiger partial charge in [-0.25, -0.2) is 0 Å². The molecule has 5 nitrogen and oxygen atoms in total. The fourth-order valence-corrected chi connectivity index (χ4v) is 3.09. The van der Waals surface area contributed by atoms with Gasteiger partial charge in [0, 0.05) is 49.8 Å². The molecule has 2 heterocycles. The van der Waals surface area contributed by atoms with Gasteiger partial charge in [0.25, 0.3) is 5.91 Å². The van der Waals surface area contributed by atoms with Crippen molar-refractivity contribution < 1.29 is 4.79 Å². The van der Waals surface area contributed by atoms with E-state index in [1.165, 1.54) is 5.69 Å². The first-order valence-corrected chi connectivity index (χ1v) is 8.61. The second-order valence-corrected chi connectivity index (χ2v) is 6.46. The van der Waals surface area contributed by atoms with Crippen LogP contribution < -0.4 is 15.1 Å². The number of nitrogens with zero attached hydrogens (tertiary/aromatic N) is 3. The molecule has 124 valence electrons. The topological polar surface area (TPSA) is 48.5 Å². The van der Waals surface area contributed by atoms with Gasteiger partial charge in [0.05, 0.1) is 0 Å². The predicted octanol–water partition coefficient (Wildman–Crippen LogP) is 2.30. The molecular formula is C19H22N4O. The van der Waals surface area contributed by atoms with Crippen LogP contribution in [0.1, 0.15) is 23.3 Å². The van der Waals surface area contributed by atoms with Crippen LogP contribution in [-0.4, -0.2) is 43.1 Å². The first kappa shape index (κ1) is 15.0. The van der Waals surface area contributed by atoms with Crippen LogP contribution in [0.25, 0.3) is 0 Å². The number of pyridine rings is 1. The third kappa shape index (κ3) is 3.35. The molecule has 1 N–H and O–H groups in total.